The number of aliphatic carboxylic acids is 2. The van der Waals surface area contributed by atoms with E-state index in [1.807, 2.05) is 0 Å². The van der Waals surface area contributed by atoms with Crippen molar-refractivity contribution >= 4 is 45.2 Å². The van der Waals surface area contributed by atoms with E-state index in [4.69, 9.17) is 26.6 Å². The highest BCUT2D eigenvalue weighted by molar-refractivity contribution is 9.10. The fourth-order valence-corrected chi connectivity index (χ4v) is 2.93. The third-order valence-electron chi connectivity index (χ3n) is 3.16. The van der Waals surface area contributed by atoms with Crippen LogP contribution in [0.1, 0.15) is 11.5 Å². The summed E-state index contributed by atoms with van der Waals surface area (Å²) in [5.41, 5.74) is -1.59. The minimum absolute atomic E-state index is 0.0780. The molecule has 2 aromatic rings. The molecule has 2 N–H and O–H groups in total. The van der Waals surface area contributed by atoms with Crippen molar-refractivity contribution in [2.75, 3.05) is 0 Å². The van der Waals surface area contributed by atoms with Crippen LogP contribution in [0, 0.1) is 15.9 Å². The molecule has 0 amide bonds. The summed E-state index contributed by atoms with van der Waals surface area (Å²) in [4.78, 5) is 32.4. The molecule has 2 aromatic carbocycles. The molecule has 0 bridgehead atoms. The Labute approximate surface area is 158 Å². The Hall–Kier alpha value is -2.72. The summed E-state index contributed by atoms with van der Waals surface area (Å²) >= 11 is 8.95. The van der Waals surface area contributed by atoms with Gasteiger partial charge >= 0.3 is 17.6 Å². The Balaban J connectivity index is 2.65. The summed E-state index contributed by atoms with van der Waals surface area (Å²) in [6, 6.07) is 5.56. The summed E-state index contributed by atoms with van der Waals surface area (Å²) in [7, 11) is 0. The Kier molecular flexibility index (Phi) is 5.78. The quantitative estimate of drug-likeness (QED) is 0.385. The second kappa shape index (κ2) is 7.67. The SMILES string of the molecule is O=C(O)C(C(=O)O)c1ccc([N+](=O)[O-])c(Oc2cc(Cl)cc(Br)c2)c1F. The lowest BCUT2D eigenvalue weighted by molar-refractivity contribution is -0.385. The van der Waals surface area contributed by atoms with Crippen LogP contribution in [0.4, 0.5) is 10.1 Å². The number of halogens is 3. The minimum atomic E-state index is -2.26. The molecule has 0 spiro atoms. The Bertz CT molecular complexity index is 887. The predicted octanol–water partition coefficient (Wildman–Crippen LogP) is 4.19. The van der Waals surface area contributed by atoms with Crippen LogP contribution in [0.2, 0.25) is 5.02 Å². The number of carboxylic acids is 2. The molecule has 2 rings (SSSR count). The lowest BCUT2D eigenvalue weighted by Gasteiger charge is -2.13. The smallest absolute Gasteiger partial charge is 0.322 e. The van der Waals surface area contributed by atoms with Gasteiger partial charge in [0, 0.05) is 21.1 Å². The minimum Gasteiger partial charge on any atom is -0.480 e. The largest absolute Gasteiger partial charge is 0.480 e. The average Bonchev–Trinajstić information content (AvgIpc) is 2.49. The lowest BCUT2D eigenvalue weighted by Crippen LogP contribution is -2.22. The van der Waals surface area contributed by atoms with Crippen molar-refractivity contribution in [1.29, 1.82) is 0 Å². The molecule has 0 aliphatic rings. The van der Waals surface area contributed by atoms with E-state index < -0.39 is 45.6 Å². The van der Waals surface area contributed by atoms with Crippen LogP contribution in [0.15, 0.2) is 34.8 Å². The standard InChI is InChI=1S/C15H8BrClFNO7/c16-6-3-7(17)5-8(4-6)26-13-10(19(24)25)2-1-9(12(13)18)11(14(20)21)15(22)23/h1-5,11H,(H,20,21)(H,22,23). The molecule has 0 aliphatic carbocycles. The van der Waals surface area contributed by atoms with Crippen LogP contribution in [0.25, 0.3) is 0 Å². The third kappa shape index (κ3) is 4.09. The molecule has 26 heavy (non-hydrogen) atoms. The number of nitro benzene ring substituents is 1. The fraction of sp³-hybridized carbons (Fsp3) is 0.0667. The number of hydrogen-bond acceptors (Lipinski definition) is 5. The van der Waals surface area contributed by atoms with Gasteiger partial charge in [-0.3, -0.25) is 19.7 Å². The van der Waals surface area contributed by atoms with Gasteiger partial charge in [0.25, 0.3) is 0 Å². The molecular formula is C15H8BrClFNO7. The normalized spacial score (nSPS) is 10.6. The highest BCUT2D eigenvalue weighted by atomic mass is 79.9. The van der Waals surface area contributed by atoms with Crippen LogP contribution in [0.5, 0.6) is 11.5 Å². The monoisotopic (exact) mass is 447 g/mol. The predicted molar refractivity (Wildman–Crippen MR) is 90.3 cm³/mol. The third-order valence-corrected chi connectivity index (χ3v) is 3.84. The molecule has 11 heteroatoms. The van der Waals surface area contributed by atoms with Crippen molar-refractivity contribution in [3.8, 4) is 11.5 Å². The molecule has 0 fully saturated rings. The highest BCUT2D eigenvalue weighted by Crippen LogP contribution is 2.39. The Morgan fingerprint density at radius 1 is 1.23 bits per heavy atom. The van der Waals surface area contributed by atoms with Gasteiger partial charge in [-0.25, -0.2) is 4.39 Å². The number of hydrogen-bond donors (Lipinski definition) is 2. The average molecular weight is 449 g/mol. The Morgan fingerprint density at radius 2 is 1.85 bits per heavy atom. The number of rotatable bonds is 6. The first-order valence-electron chi connectivity index (χ1n) is 6.68. The van der Waals surface area contributed by atoms with Gasteiger partial charge < -0.3 is 14.9 Å². The van der Waals surface area contributed by atoms with Gasteiger partial charge in [0.1, 0.15) is 5.75 Å². The number of nitrogens with zero attached hydrogens (tertiary/aromatic N) is 1. The van der Waals surface area contributed by atoms with Gasteiger partial charge in [0.2, 0.25) is 5.75 Å². The van der Waals surface area contributed by atoms with E-state index in [1.54, 1.807) is 0 Å². The summed E-state index contributed by atoms with van der Waals surface area (Å²) in [6.45, 7) is 0. The van der Waals surface area contributed by atoms with Crippen LogP contribution in [-0.2, 0) is 9.59 Å². The van der Waals surface area contributed by atoms with E-state index in [1.165, 1.54) is 18.2 Å². The zero-order valence-electron chi connectivity index (χ0n) is 12.5. The zero-order chi connectivity index (χ0) is 19.6. The second-order valence-electron chi connectivity index (χ2n) is 4.89. The van der Waals surface area contributed by atoms with Crippen molar-refractivity contribution in [3.05, 3.63) is 61.3 Å². The van der Waals surface area contributed by atoms with Gasteiger partial charge in [0.05, 0.1) is 4.92 Å². The van der Waals surface area contributed by atoms with E-state index in [9.17, 15) is 24.1 Å². The molecular weight excluding hydrogens is 441 g/mol. The topological polar surface area (TPSA) is 127 Å². The zero-order valence-corrected chi connectivity index (χ0v) is 14.8. The van der Waals surface area contributed by atoms with Crippen molar-refractivity contribution in [2.24, 2.45) is 0 Å². The van der Waals surface area contributed by atoms with E-state index in [0.717, 1.165) is 12.1 Å². The molecule has 0 aliphatic heterocycles. The molecule has 0 heterocycles. The van der Waals surface area contributed by atoms with Gasteiger partial charge in [0.15, 0.2) is 11.7 Å². The molecule has 0 saturated carbocycles. The molecule has 0 aromatic heterocycles. The van der Waals surface area contributed by atoms with Crippen LogP contribution >= 0.6 is 27.5 Å². The summed E-state index contributed by atoms with van der Waals surface area (Å²) in [6.07, 6.45) is 0. The maximum Gasteiger partial charge on any atom is 0.322 e. The molecule has 8 nitrogen and oxygen atoms in total. The Morgan fingerprint density at radius 3 is 2.35 bits per heavy atom. The lowest BCUT2D eigenvalue weighted by atomic mass is 9.98. The maximum absolute atomic E-state index is 14.8. The van der Waals surface area contributed by atoms with Crippen LogP contribution < -0.4 is 4.74 Å². The first-order chi connectivity index (χ1) is 12.1. The first-order valence-corrected chi connectivity index (χ1v) is 7.85. The van der Waals surface area contributed by atoms with E-state index in [2.05, 4.69) is 15.9 Å². The van der Waals surface area contributed by atoms with Gasteiger partial charge in [-0.1, -0.05) is 27.5 Å². The van der Waals surface area contributed by atoms with Crippen LogP contribution in [-0.4, -0.2) is 27.1 Å². The first kappa shape index (κ1) is 19.6. The summed E-state index contributed by atoms with van der Waals surface area (Å²) < 4.78 is 20.4. The number of benzene rings is 2. The fourth-order valence-electron chi connectivity index (χ4n) is 2.10. The van der Waals surface area contributed by atoms with Gasteiger partial charge in [-0.2, -0.15) is 0 Å². The molecule has 0 radical (unpaired) electrons. The van der Waals surface area contributed by atoms with Gasteiger partial charge in [-0.15, -0.1) is 0 Å². The highest BCUT2D eigenvalue weighted by Gasteiger charge is 2.35. The summed E-state index contributed by atoms with van der Waals surface area (Å²) in [5, 5.41) is 29.3. The van der Waals surface area contributed by atoms with E-state index >= 15 is 0 Å². The van der Waals surface area contributed by atoms with Crippen molar-refractivity contribution < 1.29 is 33.9 Å². The van der Waals surface area contributed by atoms with E-state index in [0.29, 0.717) is 4.47 Å². The maximum atomic E-state index is 14.8. The number of nitro groups is 1. The van der Waals surface area contributed by atoms with E-state index in [-0.39, 0.29) is 10.8 Å². The van der Waals surface area contributed by atoms with Gasteiger partial charge in [-0.05, 0) is 24.3 Å². The van der Waals surface area contributed by atoms with Crippen LogP contribution in [0.3, 0.4) is 0 Å². The molecule has 0 saturated heterocycles. The summed E-state index contributed by atoms with van der Waals surface area (Å²) in [5.74, 6) is -8.39. The molecule has 0 unspecified atom stereocenters. The molecule has 0 atom stereocenters. The van der Waals surface area contributed by atoms with Crippen molar-refractivity contribution in [2.45, 2.75) is 5.92 Å². The number of carboxylic acid groups (broad SMARTS) is 2. The van der Waals surface area contributed by atoms with Crippen molar-refractivity contribution in [1.82, 2.24) is 0 Å². The second-order valence-corrected chi connectivity index (χ2v) is 6.24. The number of carbonyl (C=O) groups is 2. The number of ether oxygens (including phenoxy) is 1. The van der Waals surface area contributed by atoms with Crippen molar-refractivity contribution in [3.63, 3.8) is 0 Å². The molecule has 136 valence electrons.